The van der Waals surface area contributed by atoms with Gasteiger partial charge in [-0.25, -0.2) is 8.42 Å². The number of carbonyl (C=O) groups is 1. The topological polar surface area (TPSA) is 83.7 Å². The van der Waals surface area contributed by atoms with Crippen molar-refractivity contribution in [1.29, 1.82) is 0 Å². The van der Waals surface area contributed by atoms with E-state index in [1.165, 1.54) is 10.6 Å². The lowest BCUT2D eigenvalue weighted by Gasteiger charge is -2.38. The molecule has 0 aromatic heterocycles. The van der Waals surface area contributed by atoms with Crippen molar-refractivity contribution in [3.05, 3.63) is 0 Å². The summed E-state index contributed by atoms with van der Waals surface area (Å²) in [5, 5.41) is 0. The van der Waals surface area contributed by atoms with Gasteiger partial charge in [0.05, 0.1) is 6.26 Å². The van der Waals surface area contributed by atoms with Gasteiger partial charge in [-0.15, -0.1) is 12.4 Å². The lowest BCUT2D eigenvalue weighted by molar-refractivity contribution is -0.133. The number of piperazine rings is 1. The molecule has 0 saturated carbocycles. The van der Waals surface area contributed by atoms with Crippen LogP contribution in [0.25, 0.3) is 0 Å². The lowest BCUT2D eigenvalue weighted by Crippen LogP contribution is -2.55. The molecule has 2 atom stereocenters. The van der Waals surface area contributed by atoms with Gasteiger partial charge in [-0.3, -0.25) is 4.79 Å². The van der Waals surface area contributed by atoms with Crippen LogP contribution in [0.4, 0.5) is 0 Å². The molecule has 1 heterocycles. The summed E-state index contributed by atoms with van der Waals surface area (Å²) in [6, 6.07) is -0.332. The maximum atomic E-state index is 11.8. The van der Waals surface area contributed by atoms with E-state index in [9.17, 15) is 13.2 Å². The van der Waals surface area contributed by atoms with E-state index in [2.05, 4.69) is 0 Å². The summed E-state index contributed by atoms with van der Waals surface area (Å²) >= 11 is 0. The summed E-state index contributed by atoms with van der Waals surface area (Å²) in [5.74, 6) is 0.000000945. The molecule has 1 saturated heterocycles. The van der Waals surface area contributed by atoms with E-state index in [0.717, 1.165) is 0 Å². The number of sulfonamides is 1. The van der Waals surface area contributed by atoms with Gasteiger partial charge >= 0.3 is 0 Å². The highest BCUT2D eigenvalue weighted by molar-refractivity contribution is 7.88. The third kappa shape index (κ3) is 4.72. The van der Waals surface area contributed by atoms with E-state index < -0.39 is 10.0 Å². The Bertz CT molecular complexity index is 386. The van der Waals surface area contributed by atoms with Crippen LogP contribution in [0.5, 0.6) is 0 Å². The first-order valence-electron chi connectivity index (χ1n) is 5.72. The molecule has 1 amide bonds. The minimum Gasteiger partial charge on any atom is -0.340 e. The molecule has 18 heavy (non-hydrogen) atoms. The average Bonchev–Trinajstić information content (AvgIpc) is 2.14. The normalized spacial score (nSPS) is 23.3. The summed E-state index contributed by atoms with van der Waals surface area (Å²) in [6.45, 7) is 4.85. The zero-order valence-electron chi connectivity index (χ0n) is 11.0. The summed E-state index contributed by atoms with van der Waals surface area (Å²) in [4.78, 5) is 13.5. The molecular weight excluding hydrogens is 278 g/mol. The van der Waals surface area contributed by atoms with Gasteiger partial charge in [0.15, 0.2) is 0 Å². The van der Waals surface area contributed by atoms with E-state index in [4.69, 9.17) is 5.73 Å². The van der Waals surface area contributed by atoms with Gasteiger partial charge in [0, 0.05) is 38.1 Å². The van der Waals surface area contributed by atoms with E-state index in [-0.39, 0.29) is 30.4 Å². The minimum atomic E-state index is -3.18. The third-order valence-corrected chi connectivity index (χ3v) is 4.24. The molecule has 1 fully saturated rings. The predicted molar refractivity (Wildman–Crippen MR) is 73.1 cm³/mol. The third-order valence-electron chi connectivity index (χ3n) is 2.84. The van der Waals surface area contributed by atoms with Gasteiger partial charge in [0.2, 0.25) is 15.9 Å². The highest BCUT2D eigenvalue weighted by atomic mass is 35.5. The Balaban J connectivity index is 0.00000289. The van der Waals surface area contributed by atoms with Crippen LogP contribution in [0, 0.1) is 0 Å². The van der Waals surface area contributed by atoms with Crippen LogP contribution < -0.4 is 5.73 Å². The van der Waals surface area contributed by atoms with Crippen LogP contribution in [-0.2, 0) is 14.8 Å². The van der Waals surface area contributed by atoms with Crippen LogP contribution in [0.1, 0.15) is 20.3 Å². The SMILES string of the molecule is CC(N)CC(=O)N1CCN(S(C)(=O)=O)[C@@H](C)C1.Cl. The summed E-state index contributed by atoms with van der Waals surface area (Å²) in [5.41, 5.74) is 5.58. The predicted octanol–water partition coefficient (Wildman–Crippen LogP) is -0.362. The van der Waals surface area contributed by atoms with Gasteiger partial charge in [-0.1, -0.05) is 0 Å². The maximum Gasteiger partial charge on any atom is 0.224 e. The van der Waals surface area contributed by atoms with Crippen LogP contribution in [0.3, 0.4) is 0 Å². The molecule has 1 aliphatic heterocycles. The molecule has 2 N–H and O–H groups in total. The molecule has 6 nitrogen and oxygen atoms in total. The molecule has 1 aliphatic rings. The zero-order valence-corrected chi connectivity index (χ0v) is 12.6. The first kappa shape index (κ1) is 17.6. The second-order valence-corrected chi connectivity index (χ2v) is 6.68. The monoisotopic (exact) mass is 299 g/mol. The highest BCUT2D eigenvalue weighted by Crippen LogP contribution is 2.14. The number of hydrogen-bond acceptors (Lipinski definition) is 4. The quantitative estimate of drug-likeness (QED) is 0.771. The molecule has 1 unspecified atom stereocenters. The molecule has 0 aromatic rings. The van der Waals surface area contributed by atoms with Crippen LogP contribution in [-0.4, -0.2) is 61.5 Å². The number of rotatable bonds is 3. The fourth-order valence-electron chi connectivity index (χ4n) is 2.06. The van der Waals surface area contributed by atoms with Crippen molar-refractivity contribution in [3.63, 3.8) is 0 Å². The standard InChI is InChI=1S/C10H21N3O3S.ClH/c1-8(11)6-10(14)12-4-5-13(9(2)7-12)17(3,15)16;/h8-9H,4-7,11H2,1-3H3;1H/t8?,9-;/m0./s1. The van der Waals surface area contributed by atoms with Crippen molar-refractivity contribution in [2.24, 2.45) is 5.73 Å². The van der Waals surface area contributed by atoms with Crippen molar-refractivity contribution in [2.75, 3.05) is 25.9 Å². The molecule has 0 aromatic carbocycles. The smallest absolute Gasteiger partial charge is 0.224 e. The summed E-state index contributed by atoms with van der Waals surface area (Å²) < 4.78 is 24.3. The van der Waals surface area contributed by atoms with Crippen molar-refractivity contribution in [3.8, 4) is 0 Å². The first-order valence-corrected chi connectivity index (χ1v) is 7.57. The highest BCUT2D eigenvalue weighted by Gasteiger charge is 2.31. The molecular formula is C10H22ClN3O3S. The molecule has 8 heteroatoms. The Kier molecular flexibility index (Phi) is 6.56. The van der Waals surface area contributed by atoms with E-state index >= 15 is 0 Å². The molecule has 0 bridgehead atoms. The van der Waals surface area contributed by atoms with Crippen LogP contribution in [0.2, 0.25) is 0 Å². The Morgan fingerprint density at radius 1 is 1.44 bits per heavy atom. The summed E-state index contributed by atoms with van der Waals surface area (Å²) in [6.07, 6.45) is 1.51. The van der Waals surface area contributed by atoms with Gasteiger partial charge in [0.25, 0.3) is 0 Å². The second kappa shape index (κ2) is 6.70. The molecule has 0 radical (unpaired) electrons. The van der Waals surface area contributed by atoms with Crippen molar-refractivity contribution in [1.82, 2.24) is 9.21 Å². The number of nitrogens with zero attached hydrogens (tertiary/aromatic N) is 2. The van der Waals surface area contributed by atoms with Gasteiger partial charge in [0.1, 0.15) is 0 Å². The van der Waals surface area contributed by atoms with Crippen molar-refractivity contribution in [2.45, 2.75) is 32.4 Å². The van der Waals surface area contributed by atoms with Crippen molar-refractivity contribution < 1.29 is 13.2 Å². The van der Waals surface area contributed by atoms with Crippen LogP contribution >= 0.6 is 12.4 Å². The van der Waals surface area contributed by atoms with Gasteiger partial charge in [-0.05, 0) is 13.8 Å². The molecule has 0 spiro atoms. The lowest BCUT2D eigenvalue weighted by atomic mass is 10.2. The Hall–Kier alpha value is -0.370. The summed E-state index contributed by atoms with van der Waals surface area (Å²) in [7, 11) is -3.18. The van der Waals surface area contributed by atoms with Crippen molar-refractivity contribution >= 4 is 28.3 Å². The fraction of sp³-hybridized carbons (Fsp3) is 0.900. The number of carbonyl (C=O) groups excluding carboxylic acids is 1. The van der Waals surface area contributed by atoms with E-state index in [1.54, 1.807) is 11.8 Å². The van der Waals surface area contributed by atoms with E-state index in [1.807, 2.05) is 6.92 Å². The maximum absolute atomic E-state index is 11.8. The molecule has 0 aliphatic carbocycles. The van der Waals surface area contributed by atoms with Gasteiger partial charge in [-0.2, -0.15) is 4.31 Å². The largest absolute Gasteiger partial charge is 0.340 e. The van der Waals surface area contributed by atoms with Crippen LogP contribution in [0.15, 0.2) is 0 Å². The van der Waals surface area contributed by atoms with Gasteiger partial charge < -0.3 is 10.6 Å². The fourth-order valence-corrected chi connectivity index (χ4v) is 3.20. The Morgan fingerprint density at radius 3 is 2.39 bits per heavy atom. The second-order valence-electron chi connectivity index (χ2n) is 4.74. The number of amides is 1. The van der Waals surface area contributed by atoms with E-state index in [0.29, 0.717) is 26.1 Å². The molecule has 1 rings (SSSR count). The minimum absolute atomic E-state index is 0. The zero-order chi connectivity index (χ0) is 13.2. The Labute approximate surface area is 115 Å². The first-order chi connectivity index (χ1) is 7.71. The molecule has 108 valence electrons. The Morgan fingerprint density at radius 2 is 2.00 bits per heavy atom. The number of hydrogen-bond donors (Lipinski definition) is 1. The number of nitrogens with two attached hydrogens (primary N) is 1. The number of halogens is 1. The average molecular weight is 300 g/mol.